The van der Waals surface area contributed by atoms with Crippen LogP contribution in [0.2, 0.25) is 5.02 Å². The second-order valence-electron chi connectivity index (χ2n) is 6.60. The van der Waals surface area contributed by atoms with Crippen molar-refractivity contribution in [1.82, 2.24) is 9.88 Å². The van der Waals surface area contributed by atoms with Gasteiger partial charge >= 0.3 is 0 Å². The van der Waals surface area contributed by atoms with Gasteiger partial charge in [-0.1, -0.05) is 29.8 Å². The third kappa shape index (κ3) is 5.05. The van der Waals surface area contributed by atoms with E-state index in [0.717, 1.165) is 11.1 Å². The molecule has 1 aliphatic heterocycles. The van der Waals surface area contributed by atoms with Crippen molar-refractivity contribution in [3.05, 3.63) is 64.9 Å². The van der Waals surface area contributed by atoms with Crippen LogP contribution in [0.1, 0.15) is 17.5 Å². The highest BCUT2D eigenvalue weighted by molar-refractivity contribution is 7.91. The Morgan fingerprint density at radius 2 is 1.96 bits per heavy atom. The Morgan fingerprint density at radius 1 is 1.19 bits per heavy atom. The molecule has 2 aromatic rings. The molecule has 1 aromatic heterocycles. The normalized spacial score (nSPS) is 18.6. The number of aromatic nitrogens is 1. The number of benzene rings is 1. The second kappa shape index (κ2) is 8.18. The van der Waals surface area contributed by atoms with E-state index in [9.17, 15) is 13.2 Å². The monoisotopic (exact) mass is 392 g/mol. The molecule has 0 bridgehead atoms. The number of pyridine rings is 1. The lowest BCUT2D eigenvalue weighted by Crippen LogP contribution is -2.37. The number of carbonyl (C=O) groups excluding carboxylic acids is 1. The van der Waals surface area contributed by atoms with Gasteiger partial charge in [0.25, 0.3) is 0 Å². The van der Waals surface area contributed by atoms with Gasteiger partial charge in [0.1, 0.15) is 0 Å². The fourth-order valence-electron chi connectivity index (χ4n) is 3.14. The molecule has 1 aliphatic rings. The molecule has 0 aliphatic carbocycles. The lowest BCUT2D eigenvalue weighted by Gasteiger charge is -2.25. The number of amides is 1. The van der Waals surface area contributed by atoms with Crippen LogP contribution in [-0.2, 0) is 27.6 Å². The van der Waals surface area contributed by atoms with Crippen LogP contribution in [0.15, 0.2) is 48.8 Å². The van der Waals surface area contributed by atoms with Gasteiger partial charge in [-0.2, -0.15) is 0 Å². The predicted octanol–water partition coefficient (Wildman–Crippen LogP) is 2.74. The predicted molar refractivity (Wildman–Crippen MR) is 102 cm³/mol. The van der Waals surface area contributed by atoms with Crippen molar-refractivity contribution in [2.45, 2.75) is 19.4 Å². The quantitative estimate of drug-likeness (QED) is 0.758. The zero-order valence-corrected chi connectivity index (χ0v) is 15.9. The zero-order valence-electron chi connectivity index (χ0n) is 14.3. The summed E-state index contributed by atoms with van der Waals surface area (Å²) >= 11 is 5.92. The summed E-state index contributed by atoms with van der Waals surface area (Å²) in [6.07, 6.45) is 4.51. The molecule has 3 rings (SSSR count). The van der Waals surface area contributed by atoms with Gasteiger partial charge in [-0.15, -0.1) is 0 Å². The minimum atomic E-state index is -3.09. The molecule has 26 heavy (non-hydrogen) atoms. The van der Waals surface area contributed by atoms with E-state index < -0.39 is 15.8 Å². The van der Waals surface area contributed by atoms with Crippen molar-refractivity contribution < 1.29 is 13.2 Å². The van der Waals surface area contributed by atoms with Crippen LogP contribution in [0.25, 0.3) is 0 Å². The first-order valence-corrected chi connectivity index (χ1v) is 10.8. The largest absolute Gasteiger partial charge is 0.338 e. The van der Waals surface area contributed by atoms with Crippen molar-refractivity contribution in [1.29, 1.82) is 0 Å². The van der Waals surface area contributed by atoms with Crippen molar-refractivity contribution in [2.24, 2.45) is 5.92 Å². The fraction of sp³-hybridized carbons (Fsp3) is 0.368. The highest BCUT2D eigenvalue weighted by Crippen LogP contribution is 2.22. The molecule has 1 saturated heterocycles. The summed E-state index contributed by atoms with van der Waals surface area (Å²) in [7, 11) is -3.09. The highest BCUT2D eigenvalue weighted by atomic mass is 35.5. The zero-order chi connectivity index (χ0) is 18.6. The smallest absolute Gasteiger partial charge is 0.227 e. The van der Waals surface area contributed by atoms with E-state index >= 15 is 0 Å². The Balaban J connectivity index is 1.72. The Bertz CT molecular complexity index is 854. The maximum Gasteiger partial charge on any atom is 0.227 e. The molecular formula is C19H21ClN2O3S. The van der Waals surface area contributed by atoms with Crippen LogP contribution in [0.3, 0.4) is 0 Å². The SMILES string of the molecule is O=C(C1CCS(=O)(=O)C1)N(CCc1ccc(Cl)cc1)Cc1cccnc1. The topological polar surface area (TPSA) is 67.3 Å². The molecule has 1 atom stereocenters. The van der Waals surface area contributed by atoms with E-state index in [4.69, 9.17) is 11.6 Å². The Morgan fingerprint density at radius 3 is 2.58 bits per heavy atom. The van der Waals surface area contributed by atoms with Gasteiger partial charge in [0.05, 0.1) is 17.4 Å². The van der Waals surface area contributed by atoms with E-state index in [1.54, 1.807) is 17.3 Å². The van der Waals surface area contributed by atoms with Crippen LogP contribution in [0.5, 0.6) is 0 Å². The average Bonchev–Trinajstić information content (AvgIpc) is 3.00. The van der Waals surface area contributed by atoms with Gasteiger partial charge in [0, 0.05) is 30.5 Å². The molecule has 2 heterocycles. The van der Waals surface area contributed by atoms with Crippen LogP contribution in [0.4, 0.5) is 0 Å². The second-order valence-corrected chi connectivity index (χ2v) is 9.26. The Kier molecular flexibility index (Phi) is 5.94. The van der Waals surface area contributed by atoms with Crippen molar-refractivity contribution in [3.8, 4) is 0 Å². The molecule has 138 valence electrons. The lowest BCUT2D eigenvalue weighted by atomic mass is 10.1. The number of halogens is 1. The summed E-state index contributed by atoms with van der Waals surface area (Å²) in [6.45, 7) is 0.947. The van der Waals surface area contributed by atoms with Gasteiger partial charge in [-0.3, -0.25) is 9.78 Å². The molecule has 0 saturated carbocycles. The molecule has 1 amide bonds. The van der Waals surface area contributed by atoms with Crippen molar-refractivity contribution >= 4 is 27.3 Å². The van der Waals surface area contributed by atoms with Gasteiger partial charge in [-0.25, -0.2) is 8.42 Å². The van der Waals surface area contributed by atoms with Crippen LogP contribution < -0.4 is 0 Å². The van der Waals surface area contributed by atoms with E-state index in [-0.39, 0.29) is 17.4 Å². The third-order valence-corrected chi connectivity index (χ3v) is 6.59. The molecule has 1 fully saturated rings. The molecular weight excluding hydrogens is 372 g/mol. The molecule has 1 unspecified atom stereocenters. The summed E-state index contributed by atoms with van der Waals surface area (Å²) in [4.78, 5) is 18.8. The highest BCUT2D eigenvalue weighted by Gasteiger charge is 2.35. The van der Waals surface area contributed by atoms with Crippen molar-refractivity contribution in [2.75, 3.05) is 18.1 Å². The van der Waals surface area contributed by atoms with E-state index in [2.05, 4.69) is 4.98 Å². The molecule has 0 spiro atoms. The minimum Gasteiger partial charge on any atom is -0.338 e. The van der Waals surface area contributed by atoms with E-state index in [1.807, 2.05) is 36.4 Å². The van der Waals surface area contributed by atoms with Gasteiger partial charge in [0.15, 0.2) is 9.84 Å². The summed E-state index contributed by atoms with van der Waals surface area (Å²) in [6, 6.07) is 11.3. The van der Waals surface area contributed by atoms with Crippen LogP contribution in [0, 0.1) is 5.92 Å². The number of carbonyl (C=O) groups is 1. The Hall–Kier alpha value is -1.92. The summed E-state index contributed by atoms with van der Waals surface area (Å²) in [5, 5.41) is 0.674. The first-order valence-electron chi connectivity index (χ1n) is 8.55. The molecule has 0 radical (unpaired) electrons. The number of sulfone groups is 1. The van der Waals surface area contributed by atoms with Crippen LogP contribution >= 0.6 is 11.6 Å². The maximum atomic E-state index is 12.9. The fourth-order valence-corrected chi connectivity index (χ4v) is 5.00. The summed E-state index contributed by atoms with van der Waals surface area (Å²) < 4.78 is 23.5. The number of hydrogen-bond donors (Lipinski definition) is 0. The summed E-state index contributed by atoms with van der Waals surface area (Å²) in [5.74, 6) is -0.483. The van der Waals surface area contributed by atoms with Gasteiger partial charge in [0.2, 0.25) is 5.91 Å². The standard InChI is InChI=1S/C19H21ClN2O3S/c20-18-5-3-15(4-6-18)7-10-22(13-16-2-1-9-21-12-16)19(23)17-8-11-26(24,25)14-17/h1-6,9,12,17H,7-8,10-11,13-14H2. The van der Waals surface area contributed by atoms with Gasteiger partial charge in [-0.05, 0) is 42.2 Å². The van der Waals surface area contributed by atoms with Crippen molar-refractivity contribution in [3.63, 3.8) is 0 Å². The lowest BCUT2D eigenvalue weighted by molar-refractivity contribution is -0.135. The minimum absolute atomic E-state index is 0.0453. The number of rotatable bonds is 6. The van der Waals surface area contributed by atoms with E-state index in [1.165, 1.54) is 0 Å². The number of hydrogen-bond acceptors (Lipinski definition) is 4. The average molecular weight is 393 g/mol. The third-order valence-electron chi connectivity index (χ3n) is 4.57. The van der Waals surface area contributed by atoms with E-state index in [0.29, 0.717) is 31.0 Å². The molecule has 5 nitrogen and oxygen atoms in total. The van der Waals surface area contributed by atoms with Gasteiger partial charge < -0.3 is 4.90 Å². The number of nitrogens with zero attached hydrogens (tertiary/aromatic N) is 2. The van der Waals surface area contributed by atoms with Crippen LogP contribution in [-0.4, -0.2) is 42.3 Å². The first kappa shape index (κ1) is 18.9. The first-order chi connectivity index (χ1) is 12.4. The molecule has 7 heteroatoms. The molecule has 1 aromatic carbocycles. The molecule has 0 N–H and O–H groups in total. The Labute approximate surface area is 158 Å². The maximum absolute atomic E-state index is 12.9. The summed E-state index contributed by atoms with van der Waals surface area (Å²) in [5.41, 5.74) is 2.01.